The van der Waals surface area contributed by atoms with Gasteiger partial charge in [0.05, 0.1) is 0 Å². The smallest absolute Gasteiger partial charge is 0.166 e. The van der Waals surface area contributed by atoms with Crippen molar-refractivity contribution in [3.05, 3.63) is 0 Å². The van der Waals surface area contributed by atoms with Gasteiger partial charge in [-0.3, -0.25) is 15.7 Å². The molecule has 0 amide bonds. The Morgan fingerprint density at radius 3 is 2.50 bits per heavy atom. The first-order valence-corrected chi connectivity index (χ1v) is 1.89. The van der Waals surface area contributed by atoms with Gasteiger partial charge < -0.3 is 5.21 Å². The highest BCUT2D eigenvalue weighted by atomic mass is 16.5. The molecule has 0 heterocycles. The second-order valence-corrected chi connectivity index (χ2v) is 0.965. The van der Waals surface area contributed by atoms with Gasteiger partial charge in [-0.05, 0) is 0 Å². The lowest BCUT2D eigenvalue weighted by atomic mass is 10.7. The van der Waals surface area contributed by atoms with E-state index in [-0.39, 0.29) is 5.84 Å². The Bertz CT molecular complexity index is 106. The van der Waals surface area contributed by atoms with Gasteiger partial charge in [0.25, 0.3) is 0 Å². The van der Waals surface area contributed by atoms with Crippen LogP contribution >= 0.6 is 0 Å². The minimum Gasteiger partial charge on any atom is -0.411 e. The zero-order valence-corrected chi connectivity index (χ0v) is 4.37. The van der Waals surface area contributed by atoms with E-state index < -0.39 is 0 Å². The third-order valence-corrected chi connectivity index (χ3v) is 0.535. The number of aliphatic imine (C=N–C) groups is 1. The van der Waals surface area contributed by atoms with E-state index in [1.165, 1.54) is 7.05 Å². The van der Waals surface area contributed by atoms with Crippen molar-refractivity contribution in [1.82, 2.24) is 5.48 Å². The summed E-state index contributed by atoms with van der Waals surface area (Å²) in [6, 6.07) is 0. The number of oxime groups is 1. The number of hydroxylamine groups is 1. The van der Waals surface area contributed by atoms with Crippen LogP contribution in [0.2, 0.25) is 0 Å². The SMILES string of the molecule is CN=C(C=NO)NO. The number of hydrogen-bond donors (Lipinski definition) is 3. The third-order valence-electron chi connectivity index (χ3n) is 0.535. The van der Waals surface area contributed by atoms with Crippen molar-refractivity contribution in [3.8, 4) is 0 Å². The molecular formula is C3H7N3O2. The van der Waals surface area contributed by atoms with E-state index >= 15 is 0 Å². The lowest BCUT2D eigenvalue weighted by molar-refractivity contribution is 0.236. The Kier molecular flexibility index (Phi) is 3.51. The Labute approximate surface area is 46.3 Å². The molecule has 0 aliphatic rings. The van der Waals surface area contributed by atoms with Crippen LogP contribution in [0.4, 0.5) is 0 Å². The van der Waals surface area contributed by atoms with Gasteiger partial charge >= 0.3 is 0 Å². The maximum atomic E-state index is 8.07. The molecule has 0 atom stereocenters. The summed E-state index contributed by atoms with van der Waals surface area (Å²) < 4.78 is 0. The zero-order valence-electron chi connectivity index (χ0n) is 4.37. The summed E-state index contributed by atoms with van der Waals surface area (Å²) in [5, 5.41) is 18.5. The van der Waals surface area contributed by atoms with Crippen LogP contribution in [-0.4, -0.2) is 29.5 Å². The summed E-state index contributed by atoms with van der Waals surface area (Å²) >= 11 is 0. The van der Waals surface area contributed by atoms with E-state index in [4.69, 9.17) is 10.4 Å². The molecule has 0 saturated heterocycles. The molecule has 0 aromatic heterocycles. The summed E-state index contributed by atoms with van der Waals surface area (Å²) in [7, 11) is 1.44. The van der Waals surface area contributed by atoms with Crippen LogP contribution in [0.25, 0.3) is 0 Å². The fourth-order valence-corrected chi connectivity index (χ4v) is 0.191. The van der Waals surface area contributed by atoms with E-state index in [1.54, 1.807) is 5.48 Å². The van der Waals surface area contributed by atoms with Crippen molar-refractivity contribution in [3.63, 3.8) is 0 Å². The van der Waals surface area contributed by atoms with Gasteiger partial charge in [-0.2, -0.15) is 0 Å². The summed E-state index contributed by atoms with van der Waals surface area (Å²) in [6.45, 7) is 0. The zero-order chi connectivity index (χ0) is 6.41. The normalized spacial score (nSPS) is 12.5. The predicted octanol–water partition coefficient (Wildman–Crippen LogP) is -0.546. The second-order valence-electron chi connectivity index (χ2n) is 0.965. The van der Waals surface area contributed by atoms with Crippen LogP contribution in [0.1, 0.15) is 0 Å². The summed E-state index contributed by atoms with van der Waals surface area (Å²) in [5.74, 6) is 0.104. The molecule has 0 spiro atoms. The number of amidine groups is 1. The number of hydrogen-bond acceptors (Lipinski definition) is 4. The van der Waals surface area contributed by atoms with Crippen LogP contribution in [0.5, 0.6) is 0 Å². The van der Waals surface area contributed by atoms with Gasteiger partial charge in [0.15, 0.2) is 5.84 Å². The maximum absolute atomic E-state index is 8.07. The second kappa shape index (κ2) is 4.07. The molecule has 0 saturated carbocycles. The molecule has 0 bridgehead atoms. The summed E-state index contributed by atoms with van der Waals surface area (Å²) in [6.07, 6.45) is 0.972. The number of nitrogens with zero attached hydrogens (tertiary/aromatic N) is 2. The molecule has 0 rings (SSSR count). The molecule has 8 heavy (non-hydrogen) atoms. The topological polar surface area (TPSA) is 77.2 Å². The Morgan fingerprint density at radius 2 is 2.38 bits per heavy atom. The van der Waals surface area contributed by atoms with E-state index in [1.807, 2.05) is 0 Å². The molecule has 3 N–H and O–H groups in total. The van der Waals surface area contributed by atoms with Crippen molar-refractivity contribution < 1.29 is 10.4 Å². The van der Waals surface area contributed by atoms with Gasteiger partial charge in [0, 0.05) is 7.05 Å². The van der Waals surface area contributed by atoms with E-state index in [0.29, 0.717) is 0 Å². The highest BCUT2D eigenvalue weighted by molar-refractivity contribution is 6.28. The van der Waals surface area contributed by atoms with Crippen molar-refractivity contribution in [1.29, 1.82) is 0 Å². The molecule has 0 fully saturated rings. The molecule has 0 aliphatic heterocycles. The quantitative estimate of drug-likeness (QED) is 0.187. The van der Waals surface area contributed by atoms with Crippen molar-refractivity contribution in [2.75, 3.05) is 7.05 Å². The molecule has 0 radical (unpaired) electrons. The first kappa shape index (κ1) is 6.90. The molecule has 5 nitrogen and oxygen atoms in total. The van der Waals surface area contributed by atoms with Crippen molar-refractivity contribution in [2.24, 2.45) is 10.1 Å². The Balaban J connectivity index is 3.72. The average molecular weight is 117 g/mol. The molecule has 0 aromatic rings. The van der Waals surface area contributed by atoms with Crippen LogP contribution in [0.15, 0.2) is 10.1 Å². The molecular weight excluding hydrogens is 110 g/mol. The molecule has 5 heteroatoms. The van der Waals surface area contributed by atoms with Gasteiger partial charge in [-0.15, -0.1) is 0 Å². The van der Waals surface area contributed by atoms with Crippen LogP contribution in [0.3, 0.4) is 0 Å². The third kappa shape index (κ3) is 2.14. The minimum atomic E-state index is 0.104. The van der Waals surface area contributed by atoms with Crippen LogP contribution in [-0.2, 0) is 0 Å². The standard InChI is InChI=1S/C3H7N3O2/c1-4-3(6-8)2-5-7/h2,7-8H,1H3,(H,4,6). The molecule has 0 aliphatic carbocycles. The van der Waals surface area contributed by atoms with E-state index in [9.17, 15) is 0 Å². The van der Waals surface area contributed by atoms with Gasteiger partial charge in [-0.1, -0.05) is 5.16 Å². The largest absolute Gasteiger partial charge is 0.411 e. The Hall–Kier alpha value is -1.10. The maximum Gasteiger partial charge on any atom is 0.166 e. The molecule has 0 unspecified atom stereocenters. The van der Waals surface area contributed by atoms with Crippen molar-refractivity contribution in [2.45, 2.75) is 0 Å². The van der Waals surface area contributed by atoms with Gasteiger partial charge in [0.2, 0.25) is 0 Å². The summed E-state index contributed by atoms with van der Waals surface area (Å²) in [4.78, 5) is 3.44. The lowest BCUT2D eigenvalue weighted by Gasteiger charge is -1.90. The monoisotopic (exact) mass is 117 g/mol. The first-order chi connectivity index (χ1) is 3.85. The van der Waals surface area contributed by atoms with E-state index in [0.717, 1.165) is 6.21 Å². The average Bonchev–Trinajstić information content (AvgIpc) is 1.83. The Morgan fingerprint density at radius 1 is 1.75 bits per heavy atom. The first-order valence-electron chi connectivity index (χ1n) is 1.89. The number of nitrogens with one attached hydrogen (secondary N) is 1. The van der Waals surface area contributed by atoms with Crippen molar-refractivity contribution >= 4 is 12.1 Å². The van der Waals surface area contributed by atoms with Gasteiger partial charge in [0.1, 0.15) is 6.21 Å². The van der Waals surface area contributed by atoms with Crippen LogP contribution < -0.4 is 5.48 Å². The molecule has 46 valence electrons. The highest BCUT2D eigenvalue weighted by Crippen LogP contribution is 1.61. The summed E-state index contributed by atoms with van der Waals surface area (Å²) in [5.41, 5.74) is 1.69. The number of rotatable bonds is 1. The van der Waals surface area contributed by atoms with Crippen LogP contribution in [0, 0.1) is 0 Å². The van der Waals surface area contributed by atoms with Gasteiger partial charge in [-0.25, -0.2) is 0 Å². The lowest BCUT2D eigenvalue weighted by Crippen LogP contribution is -2.19. The minimum absolute atomic E-state index is 0.104. The van der Waals surface area contributed by atoms with E-state index in [2.05, 4.69) is 10.1 Å². The molecule has 0 aromatic carbocycles. The fourth-order valence-electron chi connectivity index (χ4n) is 0.191. The fraction of sp³-hybridized carbons (Fsp3) is 0.333. The highest BCUT2D eigenvalue weighted by Gasteiger charge is 1.84. The predicted molar refractivity (Wildman–Crippen MR) is 28.6 cm³/mol.